The monoisotopic (exact) mass is 471 g/mol. The lowest BCUT2D eigenvalue weighted by atomic mass is 10.1. The number of fused-ring (bicyclic) bond motifs is 2. The fourth-order valence-corrected chi connectivity index (χ4v) is 5.00. The van der Waals surface area contributed by atoms with Crippen molar-refractivity contribution in [2.24, 2.45) is 5.92 Å². The molecule has 2 aromatic carbocycles. The zero-order chi connectivity index (χ0) is 22.8. The van der Waals surface area contributed by atoms with Gasteiger partial charge in [-0.2, -0.15) is 0 Å². The van der Waals surface area contributed by atoms with Gasteiger partial charge in [-0.05, 0) is 50.0 Å². The Morgan fingerprint density at radius 2 is 2.15 bits per heavy atom. The van der Waals surface area contributed by atoms with E-state index in [0.29, 0.717) is 40.9 Å². The van der Waals surface area contributed by atoms with E-state index in [0.717, 1.165) is 32.0 Å². The Labute approximate surface area is 197 Å². The van der Waals surface area contributed by atoms with Gasteiger partial charge < -0.3 is 20.1 Å². The van der Waals surface area contributed by atoms with Crippen molar-refractivity contribution in [3.8, 4) is 11.5 Å². The first-order valence-electron chi connectivity index (χ1n) is 11.3. The summed E-state index contributed by atoms with van der Waals surface area (Å²) in [6.45, 7) is 4.99. The first-order chi connectivity index (χ1) is 16.1. The number of benzene rings is 2. The number of nitrogens with one attached hydrogen (secondary N) is 2. The molecule has 0 bridgehead atoms. The molecule has 9 heteroatoms. The van der Waals surface area contributed by atoms with Gasteiger partial charge >= 0.3 is 0 Å². The number of aromatic nitrogens is 2. The number of rotatable bonds is 8. The molecule has 0 unspecified atom stereocenters. The Morgan fingerprint density at radius 1 is 1.24 bits per heavy atom. The van der Waals surface area contributed by atoms with Crippen LogP contribution in [0, 0.1) is 11.7 Å². The van der Waals surface area contributed by atoms with E-state index < -0.39 is 5.82 Å². The Bertz CT molecular complexity index is 1150. The van der Waals surface area contributed by atoms with Crippen molar-refractivity contribution in [1.29, 1.82) is 0 Å². The number of anilines is 2. The fraction of sp³-hybridized carbons (Fsp3) is 0.417. The lowest BCUT2D eigenvalue weighted by molar-refractivity contribution is 0.217. The van der Waals surface area contributed by atoms with E-state index in [2.05, 4.69) is 25.5 Å². The Balaban J connectivity index is 1.31. The van der Waals surface area contributed by atoms with Crippen molar-refractivity contribution < 1.29 is 13.9 Å². The van der Waals surface area contributed by atoms with Gasteiger partial charge in [-0.3, -0.25) is 4.90 Å². The first-order valence-corrected chi connectivity index (χ1v) is 11.6. The van der Waals surface area contributed by atoms with Crippen LogP contribution >= 0.6 is 11.6 Å². The maximum atomic E-state index is 14.4. The van der Waals surface area contributed by atoms with Crippen molar-refractivity contribution in [2.75, 3.05) is 45.2 Å². The number of halogens is 2. The standard InChI is InChI=1S/C24H27ClFN5O2/c1-32-21-11-19-16(24(29-14-28-19)30-18-5-2-4-17(25)23(18)26)10-22(21)33-9-3-7-31-8-6-15-12-27-13-20(15)31/h2,4-5,10-11,14-15,20,27H,3,6-9,12-13H2,1H3,(H,28,29,30)/t15-,20+/m0/s1. The van der Waals surface area contributed by atoms with Gasteiger partial charge in [0.2, 0.25) is 0 Å². The number of methoxy groups -OCH3 is 1. The molecule has 0 spiro atoms. The molecule has 2 aliphatic heterocycles. The van der Waals surface area contributed by atoms with Gasteiger partial charge in [0, 0.05) is 30.6 Å². The average Bonchev–Trinajstić information content (AvgIpc) is 3.44. The van der Waals surface area contributed by atoms with Crippen LogP contribution in [0.2, 0.25) is 5.02 Å². The van der Waals surface area contributed by atoms with Crippen molar-refractivity contribution in [1.82, 2.24) is 20.2 Å². The maximum absolute atomic E-state index is 14.4. The largest absolute Gasteiger partial charge is 0.493 e. The van der Waals surface area contributed by atoms with E-state index in [1.54, 1.807) is 25.3 Å². The Kier molecular flexibility index (Phi) is 6.48. The minimum Gasteiger partial charge on any atom is -0.493 e. The third kappa shape index (κ3) is 4.55. The highest BCUT2D eigenvalue weighted by atomic mass is 35.5. The van der Waals surface area contributed by atoms with Crippen LogP contribution < -0.4 is 20.1 Å². The second-order valence-electron chi connectivity index (χ2n) is 8.48. The summed E-state index contributed by atoms with van der Waals surface area (Å²) >= 11 is 5.92. The van der Waals surface area contributed by atoms with Gasteiger partial charge in [-0.15, -0.1) is 0 Å². The predicted octanol–water partition coefficient (Wildman–Crippen LogP) is 4.24. The van der Waals surface area contributed by atoms with Crippen LogP contribution in [0.5, 0.6) is 11.5 Å². The second-order valence-corrected chi connectivity index (χ2v) is 8.89. The Morgan fingerprint density at radius 3 is 3.03 bits per heavy atom. The third-order valence-electron chi connectivity index (χ3n) is 6.53. The molecule has 2 N–H and O–H groups in total. The molecule has 0 saturated carbocycles. The zero-order valence-electron chi connectivity index (χ0n) is 18.5. The number of hydrogen-bond acceptors (Lipinski definition) is 7. The summed E-state index contributed by atoms with van der Waals surface area (Å²) in [4.78, 5) is 11.2. The quantitative estimate of drug-likeness (QED) is 0.476. The molecular formula is C24H27ClFN5O2. The summed E-state index contributed by atoms with van der Waals surface area (Å²) < 4.78 is 26.1. The minimum absolute atomic E-state index is 0.0433. The molecule has 3 aromatic rings. The molecule has 174 valence electrons. The summed E-state index contributed by atoms with van der Waals surface area (Å²) in [5.74, 6) is 1.93. The molecule has 2 atom stereocenters. The molecule has 3 heterocycles. The van der Waals surface area contributed by atoms with Gasteiger partial charge in [0.15, 0.2) is 17.3 Å². The third-order valence-corrected chi connectivity index (χ3v) is 6.82. The van der Waals surface area contributed by atoms with Crippen molar-refractivity contribution in [2.45, 2.75) is 18.9 Å². The molecule has 33 heavy (non-hydrogen) atoms. The maximum Gasteiger partial charge on any atom is 0.165 e. The minimum atomic E-state index is -0.530. The van der Waals surface area contributed by atoms with Gasteiger partial charge in [-0.25, -0.2) is 14.4 Å². The zero-order valence-corrected chi connectivity index (χ0v) is 19.2. The van der Waals surface area contributed by atoms with E-state index in [9.17, 15) is 4.39 Å². The molecule has 2 saturated heterocycles. The topological polar surface area (TPSA) is 71.5 Å². The fourth-order valence-electron chi connectivity index (χ4n) is 4.83. The number of ether oxygens (including phenoxy) is 2. The van der Waals surface area contributed by atoms with E-state index in [4.69, 9.17) is 21.1 Å². The molecular weight excluding hydrogens is 445 g/mol. The summed E-state index contributed by atoms with van der Waals surface area (Å²) in [7, 11) is 1.60. The van der Waals surface area contributed by atoms with Crippen LogP contribution in [-0.2, 0) is 0 Å². The number of nitrogens with zero attached hydrogens (tertiary/aromatic N) is 3. The summed E-state index contributed by atoms with van der Waals surface area (Å²) in [5, 5.41) is 7.26. The SMILES string of the molecule is COc1cc2ncnc(Nc3cccc(Cl)c3F)c2cc1OCCCN1CC[C@H]2CNC[C@H]21. The second kappa shape index (κ2) is 9.67. The van der Waals surface area contributed by atoms with E-state index in [1.807, 2.05) is 6.07 Å². The number of hydrogen-bond donors (Lipinski definition) is 2. The highest BCUT2D eigenvalue weighted by Gasteiger charge is 2.36. The molecule has 1 aromatic heterocycles. The van der Waals surface area contributed by atoms with E-state index >= 15 is 0 Å². The van der Waals surface area contributed by atoms with Crippen LogP contribution in [0.3, 0.4) is 0 Å². The Hall–Kier alpha value is -2.68. The summed E-state index contributed by atoms with van der Waals surface area (Å²) in [6.07, 6.45) is 3.63. The van der Waals surface area contributed by atoms with Gasteiger partial charge in [0.25, 0.3) is 0 Å². The molecule has 2 aliphatic rings. The lowest BCUT2D eigenvalue weighted by Crippen LogP contribution is -2.35. The molecule has 0 aliphatic carbocycles. The number of likely N-dealkylation sites (tertiary alicyclic amines) is 1. The van der Waals surface area contributed by atoms with Crippen LogP contribution in [0.15, 0.2) is 36.7 Å². The smallest absolute Gasteiger partial charge is 0.165 e. The van der Waals surface area contributed by atoms with Crippen molar-refractivity contribution in [3.63, 3.8) is 0 Å². The van der Waals surface area contributed by atoms with Crippen molar-refractivity contribution in [3.05, 3.63) is 47.5 Å². The van der Waals surface area contributed by atoms with Gasteiger partial charge in [0.1, 0.15) is 12.1 Å². The summed E-state index contributed by atoms with van der Waals surface area (Å²) in [6, 6.07) is 9.10. The molecule has 7 nitrogen and oxygen atoms in total. The van der Waals surface area contributed by atoms with Crippen molar-refractivity contribution >= 4 is 34.0 Å². The normalized spacial score (nSPS) is 20.2. The highest BCUT2D eigenvalue weighted by molar-refractivity contribution is 6.31. The van der Waals surface area contributed by atoms with Crippen LogP contribution in [-0.4, -0.2) is 60.8 Å². The molecule has 0 amide bonds. The van der Waals surface area contributed by atoms with Gasteiger partial charge in [-0.1, -0.05) is 17.7 Å². The predicted molar refractivity (Wildman–Crippen MR) is 127 cm³/mol. The summed E-state index contributed by atoms with van der Waals surface area (Å²) in [5.41, 5.74) is 0.905. The van der Waals surface area contributed by atoms with E-state index in [1.165, 1.54) is 25.4 Å². The molecule has 2 fully saturated rings. The molecule has 5 rings (SSSR count). The van der Waals surface area contributed by atoms with Crippen LogP contribution in [0.1, 0.15) is 12.8 Å². The van der Waals surface area contributed by atoms with Crippen LogP contribution in [0.25, 0.3) is 10.9 Å². The van der Waals surface area contributed by atoms with Crippen LogP contribution in [0.4, 0.5) is 15.9 Å². The lowest BCUT2D eigenvalue weighted by Gasteiger charge is -2.23. The molecule has 0 radical (unpaired) electrons. The van der Waals surface area contributed by atoms with E-state index in [-0.39, 0.29) is 10.7 Å². The van der Waals surface area contributed by atoms with Gasteiger partial charge in [0.05, 0.1) is 29.9 Å². The highest BCUT2D eigenvalue weighted by Crippen LogP contribution is 2.35. The first kappa shape index (κ1) is 22.1. The average molecular weight is 472 g/mol.